The van der Waals surface area contributed by atoms with Crippen molar-refractivity contribution in [2.24, 2.45) is 5.92 Å². The highest BCUT2D eigenvalue weighted by Crippen LogP contribution is 2.31. The van der Waals surface area contributed by atoms with Crippen molar-refractivity contribution >= 4 is 17.5 Å². The largest absolute Gasteiger partial charge is 0.381 e. The van der Waals surface area contributed by atoms with E-state index in [2.05, 4.69) is 25.3 Å². The second-order valence-corrected chi connectivity index (χ2v) is 7.53. The summed E-state index contributed by atoms with van der Waals surface area (Å²) in [7, 11) is 0. The molecule has 2 aromatic heterocycles. The first-order chi connectivity index (χ1) is 13.0. The van der Waals surface area contributed by atoms with Gasteiger partial charge >= 0.3 is 0 Å². The van der Waals surface area contributed by atoms with Gasteiger partial charge in [-0.05, 0) is 20.3 Å². The molecule has 9 heteroatoms. The maximum Gasteiger partial charge on any atom is 0.254 e. The molecule has 2 fully saturated rings. The van der Waals surface area contributed by atoms with Gasteiger partial charge in [-0.1, -0.05) is 0 Å². The highest BCUT2D eigenvalue weighted by Gasteiger charge is 2.37. The Labute approximate surface area is 157 Å². The van der Waals surface area contributed by atoms with E-state index in [9.17, 15) is 4.79 Å². The second-order valence-electron chi connectivity index (χ2n) is 7.53. The van der Waals surface area contributed by atoms with Crippen LogP contribution in [0.5, 0.6) is 0 Å². The molecule has 0 bridgehead atoms. The van der Waals surface area contributed by atoms with Gasteiger partial charge in [0.05, 0.1) is 19.1 Å². The van der Waals surface area contributed by atoms with E-state index in [1.165, 1.54) is 6.33 Å². The van der Waals surface area contributed by atoms with Crippen molar-refractivity contribution in [2.75, 3.05) is 37.7 Å². The van der Waals surface area contributed by atoms with Crippen LogP contribution in [0.15, 0.2) is 6.33 Å². The zero-order valence-electron chi connectivity index (χ0n) is 15.7. The number of halogens is 1. The molecule has 146 valence electrons. The number of amides is 1. The standard InChI is InChI=1S/C18H25FN6O2/c1-12-13(2)23-17-21-11-22-25(17)16(12)24-6-4-18(19,5-7-24)10-20-15(26)14-3-8-27-9-14/h11,14H,3-10H2,1-2H3,(H,20,26). The molecular weight excluding hydrogens is 351 g/mol. The minimum Gasteiger partial charge on any atom is -0.381 e. The topological polar surface area (TPSA) is 84.7 Å². The minimum atomic E-state index is -1.39. The molecule has 1 atom stereocenters. The van der Waals surface area contributed by atoms with Crippen LogP contribution in [-0.4, -0.2) is 64.0 Å². The van der Waals surface area contributed by atoms with Gasteiger partial charge < -0.3 is 15.0 Å². The first-order valence-corrected chi connectivity index (χ1v) is 9.43. The Balaban J connectivity index is 1.42. The highest BCUT2D eigenvalue weighted by molar-refractivity contribution is 5.79. The van der Waals surface area contributed by atoms with Gasteiger partial charge in [0.2, 0.25) is 5.91 Å². The number of aryl methyl sites for hydroxylation is 1. The summed E-state index contributed by atoms with van der Waals surface area (Å²) in [6.45, 7) is 6.15. The third-order valence-corrected chi connectivity index (χ3v) is 5.72. The van der Waals surface area contributed by atoms with Gasteiger partial charge in [-0.2, -0.15) is 14.6 Å². The van der Waals surface area contributed by atoms with Crippen molar-refractivity contribution in [2.45, 2.75) is 38.8 Å². The number of ether oxygens (including phenoxy) is 1. The molecule has 0 radical (unpaired) electrons. The molecule has 2 aliphatic heterocycles. The zero-order chi connectivity index (χ0) is 19.0. The number of piperidine rings is 1. The molecule has 0 saturated carbocycles. The third kappa shape index (κ3) is 3.47. The van der Waals surface area contributed by atoms with Crippen LogP contribution in [0.2, 0.25) is 0 Å². The maximum atomic E-state index is 15.2. The lowest BCUT2D eigenvalue weighted by atomic mass is 9.92. The lowest BCUT2D eigenvalue weighted by Gasteiger charge is -2.38. The number of hydrogen-bond donors (Lipinski definition) is 1. The Morgan fingerprint density at radius 2 is 2.19 bits per heavy atom. The van der Waals surface area contributed by atoms with Gasteiger partial charge in [-0.3, -0.25) is 4.79 Å². The van der Waals surface area contributed by atoms with Crippen molar-refractivity contribution in [3.05, 3.63) is 17.6 Å². The summed E-state index contributed by atoms with van der Waals surface area (Å²) in [5, 5.41) is 7.06. The molecule has 0 aromatic carbocycles. The van der Waals surface area contributed by atoms with E-state index in [1.54, 1.807) is 4.52 Å². The van der Waals surface area contributed by atoms with Gasteiger partial charge in [0.1, 0.15) is 17.8 Å². The summed E-state index contributed by atoms with van der Waals surface area (Å²) in [5.74, 6) is 1.23. The second kappa shape index (κ2) is 7.03. The summed E-state index contributed by atoms with van der Waals surface area (Å²) in [4.78, 5) is 22.9. The lowest BCUT2D eigenvalue weighted by Crippen LogP contribution is -2.49. The highest BCUT2D eigenvalue weighted by atomic mass is 19.1. The number of nitrogens with zero attached hydrogens (tertiary/aromatic N) is 5. The summed E-state index contributed by atoms with van der Waals surface area (Å²) >= 11 is 0. The number of carbonyl (C=O) groups is 1. The Morgan fingerprint density at radius 3 is 2.89 bits per heavy atom. The van der Waals surface area contributed by atoms with Crippen molar-refractivity contribution < 1.29 is 13.9 Å². The van der Waals surface area contributed by atoms with E-state index in [0.29, 0.717) is 51.3 Å². The number of fused-ring (bicyclic) bond motifs is 1. The molecule has 1 unspecified atom stereocenters. The van der Waals surface area contributed by atoms with E-state index in [-0.39, 0.29) is 18.4 Å². The van der Waals surface area contributed by atoms with E-state index in [4.69, 9.17) is 4.74 Å². The van der Waals surface area contributed by atoms with Crippen LogP contribution in [0.3, 0.4) is 0 Å². The molecule has 1 amide bonds. The fourth-order valence-electron chi connectivity index (χ4n) is 3.81. The summed E-state index contributed by atoms with van der Waals surface area (Å²) in [6.07, 6.45) is 2.90. The molecule has 4 heterocycles. The van der Waals surface area contributed by atoms with Gasteiger partial charge in [0.15, 0.2) is 0 Å². The van der Waals surface area contributed by atoms with E-state index in [1.807, 2.05) is 13.8 Å². The first kappa shape index (κ1) is 18.1. The molecule has 27 heavy (non-hydrogen) atoms. The predicted molar refractivity (Wildman–Crippen MR) is 97.5 cm³/mol. The van der Waals surface area contributed by atoms with E-state index in [0.717, 1.165) is 17.1 Å². The van der Waals surface area contributed by atoms with Crippen molar-refractivity contribution in [3.63, 3.8) is 0 Å². The molecule has 4 rings (SSSR count). The maximum absolute atomic E-state index is 15.2. The average molecular weight is 376 g/mol. The van der Waals surface area contributed by atoms with Crippen LogP contribution in [0.25, 0.3) is 5.78 Å². The van der Waals surface area contributed by atoms with Crippen molar-refractivity contribution in [3.8, 4) is 0 Å². The zero-order valence-corrected chi connectivity index (χ0v) is 15.7. The van der Waals surface area contributed by atoms with Gasteiger partial charge in [0, 0.05) is 43.8 Å². The van der Waals surface area contributed by atoms with Crippen LogP contribution in [-0.2, 0) is 9.53 Å². The SMILES string of the molecule is Cc1nc2ncnn2c(N2CCC(F)(CNC(=O)C3CCOC3)CC2)c1C. The smallest absolute Gasteiger partial charge is 0.254 e. The first-order valence-electron chi connectivity index (χ1n) is 9.43. The number of hydrogen-bond acceptors (Lipinski definition) is 6. The summed E-state index contributed by atoms with van der Waals surface area (Å²) < 4.78 is 22.2. The Kier molecular flexibility index (Phi) is 4.71. The quantitative estimate of drug-likeness (QED) is 0.863. The van der Waals surface area contributed by atoms with Crippen LogP contribution in [0.1, 0.15) is 30.5 Å². The van der Waals surface area contributed by atoms with E-state index < -0.39 is 5.67 Å². The minimum absolute atomic E-state index is 0.0588. The third-order valence-electron chi connectivity index (χ3n) is 5.72. The Morgan fingerprint density at radius 1 is 1.41 bits per heavy atom. The van der Waals surface area contributed by atoms with Crippen molar-refractivity contribution in [1.82, 2.24) is 24.9 Å². The number of carbonyl (C=O) groups excluding carboxylic acids is 1. The van der Waals surface area contributed by atoms with Gasteiger partial charge in [0.25, 0.3) is 5.78 Å². The van der Waals surface area contributed by atoms with Crippen LogP contribution >= 0.6 is 0 Å². The number of rotatable bonds is 4. The Hall–Kier alpha value is -2.29. The average Bonchev–Trinajstić information content (AvgIpc) is 3.34. The van der Waals surface area contributed by atoms with Gasteiger partial charge in [-0.15, -0.1) is 0 Å². The fourth-order valence-corrected chi connectivity index (χ4v) is 3.81. The Bertz CT molecular complexity index is 840. The fraction of sp³-hybridized carbons (Fsp3) is 0.667. The molecule has 0 aliphatic carbocycles. The lowest BCUT2D eigenvalue weighted by molar-refractivity contribution is -0.125. The molecule has 8 nitrogen and oxygen atoms in total. The molecular formula is C18H25FN6O2. The number of nitrogens with one attached hydrogen (secondary N) is 1. The molecule has 2 aliphatic rings. The monoisotopic (exact) mass is 376 g/mol. The normalized spacial score (nSPS) is 22.3. The molecule has 1 N–H and O–H groups in total. The van der Waals surface area contributed by atoms with E-state index >= 15 is 4.39 Å². The number of aromatic nitrogens is 4. The number of anilines is 1. The van der Waals surface area contributed by atoms with Crippen LogP contribution < -0.4 is 10.2 Å². The molecule has 2 aromatic rings. The summed E-state index contributed by atoms with van der Waals surface area (Å²) in [6, 6.07) is 0. The molecule has 2 saturated heterocycles. The summed E-state index contributed by atoms with van der Waals surface area (Å²) in [5.41, 5.74) is 0.533. The van der Waals surface area contributed by atoms with Gasteiger partial charge in [-0.25, -0.2) is 9.37 Å². The predicted octanol–water partition coefficient (Wildman–Crippen LogP) is 1.20. The van der Waals surface area contributed by atoms with Crippen molar-refractivity contribution in [1.29, 1.82) is 0 Å². The molecule has 0 spiro atoms. The van der Waals surface area contributed by atoms with Crippen LogP contribution in [0.4, 0.5) is 10.2 Å². The van der Waals surface area contributed by atoms with Crippen LogP contribution in [0, 0.1) is 19.8 Å². The number of alkyl halides is 1.